The fourth-order valence-electron chi connectivity index (χ4n) is 1.87. The van der Waals surface area contributed by atoms with Crippen molar-refractivity contribution in [1.29, 1.82) is 0 Å². The van der Waals surface area contributed by atoms with Crippen LogP contribution in [-0.4, -0.2) is 12.9 Å². The van der Waals surface area contributed by atoms with Gasteiger partial charge in [-0.1, -0.05) is 45.0 Å². The number of ketones is 1. The van der Waals surface area contributed by atoms with Crippen molar-refractivity contribution in [3.05, 3.63) is 42.0 Å². The Bertz CT molecular complexity index is 558. The minimum absolute atomic E-state index is 0.0403. The van der Waals surface area contributed by atoms with Crippen molar-refractivity contribution >= 4 is 16.6 Å². The van der Waals surface area contributed by atoms with Gasteiger partial charge in [-0.2, -0.15) is 0 Å². The lowest BCUT2D eigenvalue weighted by molar-refractivity contribution is -0.118. The number of carbonyl (C=O) groups excluding carboxylic acids is 1. The first kappa shape index (κ1) is 15.2. The fraction of sp³-hybridized carbons (Fsp3) is 0.353. The third-order valence-electron chi connectivity index (χ3n) is 3.18. The van der Waals surface area contributed by atoms with Crippen LogP contribution in [0.4, 0.5) is 0 Å². The Hall–Kier alpha value is -1.83. The Morgan fingerprint density at radius 2 is 1.63 bits per heavy atom. The molecule has 2 aromatic rings. The maximum atomic E-state index is 11.4. The van der Waals surface area contributed by atoms with E-state index in [1.165, 1.54) is 0 Å². The van der Waals surface area contributed by atoms with Crippen LogP contribution in [0.25, 0.3) is 10.8 Å². The first-order valence-corrected chi connectivity index (χ1v) is 6.70. The normalized spacial score (nSPS) is 11.4. The summed E-state index contributed by atoms with van der Waals surface area (Å²) in [5, 5.41) is 2.26. The zero-order chi connectivity index (χ0) is 14.4. The monoisotopic (exact) mass is 258 g/mol. The summed E-state index contributed by atoms with van der Waals surface area (Å²) in [6.45, 7) is 7.57. The lowest BCUT2D eigenvalue weighted by Crippen LogP contribution is -2.03. The molecule has 0 aliphatic heterocycles. The van der Waals surface area contributed by atoms with Gasteiger partial charge in [0.25, 0.3) is 0 Å². The van der Waals surface area contributed by atoms with Crippen LogP contribution in [0.15, 0.2) is 36.4 Å². The third-order valence-corrected chi connectivity index (χ3v) is 3.18. The molecule has 0 aliphatic carbocycles. The Kier molecular flexibility index (Phi) is 5.56. The minimum Gasteiger partial charge on any atom is -0.497 e. The van der Waals surface area contributed by atoms with Gasteiger partial charge < -0.3 is 4.74 Å². The molecule has 1 atom stereocenters. The van der Waals surface area contributed by atoms with Crippen molar-refractivity contribution in [3.8, 4) is 5.75 Å². The molecular formula is C17H22O2. The van der Waals surface area contributed by atoms with Crippen molar-refractivity contribution < 1.29 is 9.53 Å². The highest BCUT2D eigenvalue weighted by atomic mass is 16.5. The fourth-order valence-corrected chi connectivity index (χ4v) is 1.87. The molecule has 0 radical (unpaired) electrons. The number of carbonyl (C=O) groups is 1. The molecule has 0 aliphatic rings. The number of fused-ring (bicyclic) bond motifs is 1. The summed E-state index contributed by atoms with van der Waals surface area (Å²) >= 11 is 0. The van der Waals surface area contributed by atoms with Crippen LogP contribution in [0.5, 0.6) is 5.75 Å². The summed E-state index contributed by atoms with van der Waals surface area (Å²) in [4.78, 5) is 11.4. The van der Waals surface area contributed by atoms with E-state index in [2.05, 4.69) is 6.07 Å². The second kappa shape index (κ2) is 6.93. The van der Waals surface area contributed by atoms with Gasteiger partial charge in [0, 0.05) is 5.92 Å². The summed E-state index contributed by atoms with van der Waals surface area (Å²) in [6, 6.07) is 12.1. The highest BCUT2D eigenvalue weighted by Gasteiger charge is 2.10. The SMILES string of the molecule is CC.COc1ccc2cc([C@H](C)C(C)=O)ccc2c1. The zero-order valence-electron chi connectivity index (χ0n) is 12.4. The highest BCUT2D eigenvalue weighted by Crippen LogP contribution is 2.25. The first-order valence-electron chi connectivity index (χ1n) is 6.70. The van der Waals surface area contributed by atoms with E-state index in [4.69, 9.17) is 4.74 Å². The Labute approximate surface area is 115 Å². The number of ether oxygens (including phenoxy) is 1. The molecule has 0 N–H and O–H groups in total. The Morgan fingerprint density at radius 3 is 2.21 bits per heavy atom. The van der Waals surface area contributed by atoms with E-state index in [1.807, 2.05) is 51.1 Å². The van der Waals surface area contributed by atoms with E-state index >= 15 is 0 Å². The number of benzene rings is 2. The molecule has 0 amide bonds. The van der Waals surface area contributed by atoms with Crippen molar-refractivity contribution in [2.75, 3.05) is 7.11 Å². The summed E-state index contributed by atoms with van der Waals surface area (Å²) in [5.41, 5.74) is 1.06. The molecule has 19 heavy (non-hydrogen) atoms. The van der Waals surface area contributed by atoms with Gasteiger partial charge in [-0.15, -0.1) is 0 Å². The number of hydrogen-bond acceptors (Lipinski definition) is 2. The summed E-state index contributed by atoms with van der Waals surface area (Å²) in [7, 11) is 1.66. The average Bonchev–Trinajstić information content (AvgIpc) is 2.47. The highest BCUT2D eigenvalue weighted by molar-refractivity contribution is 5.88. The summed E-state index contributed by atoms with van der Waals surface area (Å²) in [5.74, 6) is 1.00. The van der Waals surface area contributed by atoms with Crippen LogP contribution in [0.3, 0.4) is 0 Å². The van der Waals surface area contributed by atoms with Crippen LogP contribution in [-0.2, 0) is 4.79 Å². The van der Waals surface area contributed by atoms with E-state index in [0.717, 1.165) is 22.1 Å². The maximum absolute atomic E-state index is 11.4. The number of Topliss-reactive ketones (excluding diaryl/α,β-unsaturated/α-hetero) is 1. The second-order valence-corrected chi connectivity index (χ2v) is 4.30. The number of methoxy groups -OCH3 is 1. The van der Waals surface area contributed by atoms with Crippen LogP contribution in [0, 0.1) is 0 Å². The quantitative estimate of drug-likeness (QED) is 0.806. The van der Waals surface area contributed by atoms with E-state index < -0.39 is 0 Å². The van der Waals surface area contributed by atoms with Crippen LogP contribution in [0.1, 0.15) is 39.2 Å². The molecule has 0 unspecified atom stereocenters. The van der Waals surface area contributed by atoms with Crippen LogP contribution in [0.2, 0.25) is 0 Å². The smallest absolute Gasteiger partial charge is 0.136 e. The molecule has 0 saturated heterocycles. The lowest BCUT2D eigenvalue weighted by Gasteiger charge is -2.09. The number of rotatable bonds is 3. The van der Waals surface area contributed by atoms with Crippen molar-refractivity contribution in [3.63, 3.8) is 0 Å². The Balaban J connectivity index is 0.000000861. The van der Waals surface area contributed by atoms with E-state index in [1.54, 1.807) is 14.0 Å². The summed E-state index contributed by atoms with van der Waals surface area (Å²) in [6.07, 6.45) is 0. The molecule has 0 saturated carbocycles. The van der Waals surface area contributed by atoms with Crippen molar-refractivity contribution in [2.24, 2.45) is 0 Å². The van der Waals surface area contributed by atoms with Gasteiger partial charge in [-0.25, -0.2) is 0 Å². The first-order chi connectivity index (χ1) is 9.11. The predicted octanol–water partition coefficient (Wildman–Crippen LogP) is 4.57. The molecule has 0 bridgehead atoms. The second-order valence-electron chi connectivity index (χ2n) is 4.30. The maximum Gasteiger partial charge on any atom is 0.136 e. The van der Waals surface area contributed by atoms with Crippen molar-refractivity contribution in [2.45, 2.75) is 33.6 Å². The molecule has 0 spiro atoms. The molecule has 2 aromatic carbocycles. The van der Waals surface area contributed by atoms with Gasteiger partial charge in [0.2, 0.25) is 0 Å². The molecule has 2 nitrogen and oxygen atoms in total. The lowest BCUT2D eigenvalue weighted by atomic mass is 9.95. The topological polar surface area (TPSA) is 26.3 Å². The molecule has 0 aromatic heterocycles. The van der Waals surface area contributed by atoms with E-state index in [-0.39, 0.29) is 11.7 Å². The van der Waals surface area contributed by atoms with Gasteiger partial charge in [-0.05, 0) is 35.4 Å². The van der Waals surface area contributed by atoms with Crippen LogP contribution >= 0.6 is 0 Å². The van der Waals surface area contributed by atoms with E-state index in [9.17, 15) is 4.79 Å². The van der Waals surface area contributed by atoms with Gasteiger partial charge in [0.1, 0.15) is 11.5 Å². The summed E-state index contributed by atoms with van der Waals surface area (Å²) < 4.78 is 5.18. The van der Waals surface area contributed by atoms with Crippen molar-refractivity contribution in [1.82, 2.24) is 0 Å². The minimum atomic E-state index is -0.0403. The number of hydrogen-bond donors (Lipinski definition) is 0. The average molecular weight is 258 g/mol. The van der Waals surface area contributed by atoms with Gasteiger partial charge in [0.05, 0.1) is 7.11 Å². The van der Waals surface area contributed by atoms with E-state index in [0.29, 0.717) is 0 Å². The third kappa shape index (κ3) is 3.57. The molecular weight excluding hydrogens is 236 g/mol. The standard InChI is InChI=1S/C15H16O2.C2H6/c1-10(11(2)16)12-4-5-14-9-15(17-3)7-6-13(14)8-12;1-2/h4-10H,1-3H3;1-2H3/t10-;/m1./s1. The van der Waals surface area contributed by atoms with Crippen LogP contribution < -0.4 is 4.74 Å². The van der Waals surface area contributed by atoms with Gasteiger partial charge in [-0.3, -0.25) is 4.79 Å². The Morgan fingerprint density at radius 1 is 1.05 bits per heavy atom. The molecule has 0 heterocycles. The van der Waals surface area contributed by atoms with Gasteiger partial charge >= 0.3 is 0 Å². The van der Waals surface area contributed by atoms with Gasteiger partial charge in [0.15, 0.2) is 0 Å². The molecule has 2 heteroatoms. The zero-order valence-corrected chi connectivity index (χ0v) is 12.4. The molecule has 0 fully saturated rings. The molecule has 2 rings (SSSR count). The molecule has 102 valence electrons. The predicted molar refractivity (Wildman–Crippen MR) is 80.9 cm³/mol. The largest absolute Gasteiger partial charge is 0.497 e.